The molecule has 0 saturated heterocycles. The van der Waals surface area contributed by atoms with Crippen molar-refractivity contribution in [3.63, 3.8) is 0 Å². The van der Waals surface area contributed by atoms with Crippen molar-refractivity contribution in [1.29, 1.82) is 0 Å². The summed E-state index contributed by atoms with van der Waals surface area (Å²) in [5.74, 6) is 0. The van der Waals surface area contributed by atoms with Gasteiger partial charge in [0.05, 0.1) is 5.69 Å². The Morgan fingerprint density at radius 3 is 3.00 bits per heavy atom. The van der Waals surface area contributed by atoms with Crippen molar-refractivity contribution < 1.29 is 0 Å². The van der Waals surface area contributed by atoms with Gasteiger partial charge in [-0.25, -0.2) is 0 Å². The monoisotopic (exact) mass is 280 g/mol. The van der Waals surface area contributed by atoms with Crippen LogP contribution in [0.15, 0.2) is 30.5 Å². The summed E-state index contributed by atoms with van der Waals surface area (Å²) in [6.07, 6.45) is 3.31. The Hall–Kier alpha value is -2.07. The van der Waals surface area contributed by atoms with Crippen molar-refractivity contribution in [2.75, 3.05) is 13.6 Å². The summed E-state index contributed by atoms with van der Waals surface area (Å²) in [4.78, 5) is 2.36. The summed E-state index contributed by atoms with van der Waals surface area (Å²) in [6, 6.07) is 8.60. The van der Waals surface area contributed by atoms with Gasteiger partial charge in [-0.1, -0.05) is 18.2 Å². The van der Waals surface area contributed by atoms with Gasteiger partial charge in [-0.3, -0.25) is 5.10 Å². The predicted molar refractivity (Wildman–Crippen MR) is 85.2 cm³/mol. The van der Waals surface area contributed by atoms with E-state index in [-0.39, 0.29) is 0 Å². The molecule has 4 heteroatoms. The zero-order chi connectivity index (χ0) is 14.4. The molecule has 21 heavy (non-hydrogen) atoms. The fourth-order valence-electron chi connectivity index (χ4n) is 3.35. The molecule has 0 bridgehead atoms. The van der Waals surface area contributed by atoms with Crippen molar-refractivity contribution in [1.82, 2.24) is 19.7 Å². The number of likely N-dealkylation sites (N-methyl/N-ethyl adjacent to an activating group) is 1. The molecular weight excluding hydrogens is 260 g/mol. The molecule has 4 nitrogen and oxygen atoms in total. The van der Waals surface area contributed by atoms with Crippen LogP contribution in [-0.2, 0) is 19.5 Å². The third-order valence-corrected chi connectivity index (χ3v) is 4.51. The summed E-state index contributed by atoms with van der Waals surface area (Å²) in [6.45, 7) is 5.25. The van der Waals surface area contributed by atoms with Gasteiger partial charge in [-0.05, 0) is 20.0 Å². The number of rotatable bonds is 2. The molecule has 0 radical (unpaired) electrons. The lowest BCUT2D eigenvalue weighted by molar-refractivity contribution is 0.312. The number of fused-ring (bicyclic) bond motifs is 2. The van der Waals surface area contributed by atoms with Crippen LogP contribution in [0.5, 0.6) is 0 Å². The minimum atomic E-state index is 0.979. The van der Waals surface area contributed by atoms with E-state index < -0.39 is 0 Å². The molecule has 0 aliphatic carbocycles. The highest BCUT2D eigenvalue weighted by Gasteiger charge is 2.22. The molecule has 0 fully saturated rings. The minimum absolute atomic E-state index is 0.979. The van der Waals surface area contributed by atoms with Crippen LogP contribution in [0.3, 0.4) is 0 Å². The van der Waals surface area contributed by atoms with Gasteiger partial charge in [0.2, 0.25) is 0 Å². The van der Waals surface area contributed by atoms with Gasteiger partial charge in [0, 0.05) is 60.0 Å². The van der Waals surface area contributed by atoms with Crippen molar-refractivity contribution in [3.8, 4) is 11.3 Å². The van der Waals surface area contributed by atoms with Crippen molar-refractivity contribution in [2.45, 2.75) is 26.4 Å². The number of aryl methyl sites for hydroxylation is 1. The molecule has 0 unspecified atom stereocenters. The average molecular weight is 280 g/mol. The predicted octanol–water partition coefficient (Wildman–Crippen LogP) is 3.04. The van der Waals surface area contributed by atoms with Gasteiger partial charge >= 0.3 is 0 Å². The topological polar surface area (TPSA) is 36.9 Å². The molecule has 0 saturated carbocycles. The standard InChI is InChI=1S/C17H20N4/c1-3-21-11-13(12-6-4-5-7-16(12)21)17-14-10-20(2)9-8-15(14)18-19-17/h4-7,11H,3,8-10H2,1-2H3,(H,18,19). The summed E-state index contributed by atoms with van der Waals surface area (Å²) in [7, 11) is 2.18. The fourth-order valence-corrected chi connectivity index (χ4v) is 3.35. The minimum Gasteiger partial charge on any atom is -0.347 e. The van der Waals surface area contributed by atoms with E-state index in [1.54, 1.807) is 0 Å². The molecule has 4 rings (SSSR count). The van der Waals surface area contributed by atoms with Crippen LogP contribution in [0.1, 0.15) is 18.2 Å². The Morgan fingerprint density at radius 2 is 2.14 bits per heavy atom. The van der Waals surface area contributed by atoms with Gasteiger partial charge in [0.25, 0.3) is 0 Å². The Balaban J connectivity index is 1.94. The van der Waals surface area contributed by atoms with Crippen LogP contribution < -0.4 is 0 Å². The summed E-state index contributed by atoms with van der Waals surface area (Å²) in [5.41, 5.74) is 6.33. The third kappa shape index (κ3) is 1.90. The molecule has 108 valence electrons. The number of aromatic nitrogens is 3. The number of hydrogen-bond donors (Lipinski definition) is 1. The normalized spacial score (nSPS) is 15.5. The Labute approximate surface area is 124 Å². The zero-order valence-electron chi connectivity index (χ0n) is 12.6. The second-order valence-corrected chi connectivity index (χ2v) is 5.86. The van der Waals surface area contributed by atoms with Crippen LogP contribution >= 0.6 is 0 Å². The molecule has 1 N–H and O–H groups in total. The molecule has 2 aromatic heterocycles. The SMILES string of the molecule is CCn1cc(-c2n[nH]c3c2CN(C)CC3)c2ccccc21. The summed E-state index contributed by atoms with van der Waals surface area (Å²) in [5, 5.41) is 9.18. The molecule has 1 aromatic carbocycles. The molecule has 1 aliphatic heterocycles. The van der Waals surface area contributed by atoms with Crippen LogP contribution in [0.2, 0.25) is 0 Å². The maximum atomic E-state index is 4.64. The molecule has 3 heterocycles. The lowest BCUT2D eigenvalue weighted by Crippen LogP contribution is -2.26. The number of nitrogens with zero attached hydrogens (tertiary/aromatic N) is 3. The second-order valence-electron chi connectivity index (χ2n) is 5.86. The number of nitrogens with one attached hydrogen (secondary N) is 1. The number of aromatic amines is 1. The maximum absolute atomic E-state index is 4.64. The lowest BCUT2D eigenvalue weighted by Gasteiger charge is -2.22. The van der Waals surface area contributed by atoms with E-state index in [1.807, 2.05) is 0 Å². The first-order valence-electron chi connectivity index (χ1n) is 7.61. The van der Waals surface area contributed by atoms with E-state index in [0.29, 0.717) is 0 Å². The molecule has 1 aliphatic rings. The maximum Gasteiger partial charge on any atom is 0.0990 e. The first-order chi connectivity index (χ1) is 10.3. The van der Waals surface area contributed by atoms with Gasteiger partial charge in [-0.2, -0.15) is 5.10 Å². The highest BCUT2D eigenvalue weighted by molar-refractivity contribution is 5.96. The number of H-pyrrole nitrogens is 1. The largest absolute Gasteiger partial charge is 0.347 e. The van der Waals surface area contributed by atoms with Gasteiger partial charge < -0.3 is 9.47 Å². The number of para-hydroxylation sites is 1. The van der Waals surface area contributed by atoms with E-state index in [4.69, 9.17) is 0 Å². The summed E-state index contributed by atoms with van der Waals surface area (Å²) < 4.78 is 2.30. The highest BCUT2D eigenvalue weighted by Crippen LogP contribution is 2.34. The smallest absolute Gasteiger partial charge is 0.0990 e. The summed E-state index contributed by atoms with van der Waals surface area (Å²) >= 11 is 0. The average Bonchev–Trinajstić information content (AvgIpc) is 3.07. The Kier molecular flexibility index (Phi) is 2.86. The van der Waals surface area contributed by atoms with Crippen LogP contribution in [-0.4, -0.2) is 33.3 Å². The molecule has 3 aromatic rings. The molecular formula is C17H20N4. The van der Waals surface area contributed by atoms with Crippen LogP contribution in [0.25, 0.3) is 22.2 Å². The number of benzene rings is 1. The van der Waals surface area contributed by atoms with Gasteiger partial charge in [-0.15, -0.1) is 0 Å². The van der Waals surface area contributed by atoms with Gasteiger partial charge in [0.1, 0.15) is 0 Å². The number of hydrogen-bond acceptors (Lipinski definition) is 2. The van der Waals surface area contributed by atoms with E-state index in [1.165, 1.54) is 27.7 Å². The van der Waals surface area contributed by atoms with Crippen LogP contribution in [0, 0.1) is 0 Å². The fraction of sp³-hybridized carbons (Fsp3) is 0.353. The van der Waals surface area contributed by atoms with E-state index in [0.717, 1.165) is 31.7 Å². The Bertz CT molecular complexity index is 796. The van der Waals surface area contributed by atoms with Crippen molar-refractivity contribution >= 4 is 10.9 Å². The van der Waals surface area contributed by atoms with Crippen molar-refractivity contribution in [3.05, 3.63) is 41.7 Å². The first kappa shape index (κ1) is 12.7. The van der Waals surface area contributed by atoms with E-state index in [9.17, 15) is 0 Å². The van der Waals surface area contributed by atoms with Crippen molar-refractivity contribution in [2.24, 2.45) is 0 Å². The molecule has 0 spiro atoms. The highest BCUT2D eigenvalue weighted by atomic mass is 15.2. The molecule has 0 atom stereocenters. The quantitative estimate of drug-likeness (QED) is 0.783. The zero-order valence-corrected chi connectivity index (χ0v) is 12.6. The first-order valence-corrected chi connectivity index (χ1v) is 7.61. The second kappa shape index (κ2) is 4.74. The Morgan fingerprint density at radius 1 is 1.29 bits per heavy atom. The van der Waals surface area contributed by atoms with Gasteiger partial charge in [0.15, 0.2) is 0 Å². The van der Waals surface area contributed by atoms with E-state index in [2.05, 4.69) is 64.1 Å². The lowest BCUT2D eigenvalue weighted by atomic mass is 10.0. The van der Waals surface area contributed by atoms with Crippen LogP contribution in [0.4, 0.5) is 0 Å². The molecule has 0 amide bonds. The van der Waals surface area contributed by atoms with E-state index >= 15 is 0 Å². The third-order valence-electron chi connectivity index (χ3n) is 4.51.